The van der Waals surface area contributed by atoms with Gasteiger partial charge in [-0.3, -0.25) is 9.69 Å². The monoisotopic (exact) mass is 435 g/mol. The van der Waals surface area contributed by atoms with Crippen LogP contribution in [0.3, 0.4) is 0 Å². The fraction of sp³-hybridized carbons (Fsp3) is 0.409. The molecule has 2 aliphatic rings. The van der Waals surface area contributed by atoms with Gasteiger partial charge in [-0.15, -0.1) is 11.8 Å². The van der Waals surface area contributed by atoms with Gasteiger partial charge < -0.3 is 5.11 Å². The summed E-state index contributed by atoms with van der Waals surface area (Å²) in [5, 5.41) is 11.6. The van der Waals surface area contributed by atoms with Crippen LogP contribution in [0, 0.1) is 0 Å². The molecule has 6 heteroatoms. The van der Waals surface area contributed by atoms with Crippen molar-refractivity contribution in [1.29, 1.82) is 0 Å². The first-order valence-electron chi connectivity index (χ1n) is 9.55. The zero-order valence-electron chi connectivity index (χ0n) is 15.7. The minimum Gasteiger partial charge on any atom is -0.392 e. The van der Waals surface area contributed by atoms with Crippen LogP contribution >= 0.6 is 35.0 Å². The molecule has 28 heavy (non-hydrogen) atoms. The number of hydrogen-bond donors (Lipinski definition) is 1. The van der Waals surface area contributed by atoms with Gasteiger partial charge >= 0.3 is 0 Å². The van der Waals surface area contributed by atoms with Gasteiger partial charge in [-0.25, -0.2) is 0 Å². The molecule has 3 atom stereocenters. The number of fused-ring (bicyclic) bond motifs is 1. The van der Waals surface area contributed by atoms with Crippen LogP contribution in [0.25, 0.3) is 0 Å². The maximum atomic E-state index is 11.3. The highest BCUT2D eigenvalue weighted by molar-refractivity contribution is 7.99. The topological polar surface area (TPSA) is 40.5 Å². The Morgan fingerprint density at radius 3 is 2.64 bits per heavy atom. The Bertz CT molecular complexity index is 887. The van der Waals surface area contributed by atoms with Crippen LogP contribution in [0.1, 0.15) is 35.3 Å². The fourth-order valence-electron chi connectivity index (χ4n) is 4.27. The zero-order valence-corrected chi connectivity index (χ0v) is 18.0. The first-order valence-corrected chi connectivity index (χ1v) is 11.2. The lowest BCUT2D eigenvalue weighted by atomic mass is 10.1. The molecular formula is C22H23Cl2NO2S. The number of carbonyl (C=O) groups excluding carboxylic acids is 1. The summed E-state index contributed by atoms with van der Waals surface area (Å²) in [7, 11) is 0. The number of hydrogen-bond acceptors (Lipinski definition) is 4. The summed E-state index contributed by atoms with van der Waals surface area (Å²) in [6.07, 6.45) is 1.91. The van der Waals surface area contributed by atoms with Crippen LogP contribution in [0.4, 0.5) is 0 Å². The molecule has 4 rings (SSSR count). The molecule has 0 saturated carbocycles. The Balaban J connectivity index is 1.62. The van der Waals surface area contributed by atoms with Crippen LogP contribution in [-0.2, 0) is 17.6 Å². The van der Waals surface area contributed by atoms with Gasteiger partial charge in [-0.05, 0) is 60.7 Å². The second-order valence-electron chi connectivity index (χ2n) is 7.73. The molecule has 1 fully saturated rings. The van der Waals surface area contributed by atoms with Gasteiger partial charge in [-0.2, -0.15) is 0 Å². The average molecular weight is 436 g/mol. The van der Waals surface area contributed by atoms with Gasteiger partial charge in [0.1, 0.15) is 5.78 Å². The van der Waals surface area contributed by atoms with E-state index in [-0.39, 0.29) is 23.2 Å². The van der Waals surface area contributed by atoms with Crippen LogP contribution in [0.5, 0.6) is 0 Å². The van der Waals surface area contributed by atoms with Crippen molar-refractivity contribution in [1.82, 2.24) is 4.90 Å². The summed E-state index contributed by atoms with van der Waals surface area (Å²) in [6, 6.07) is 12.4. The van der Waals surface area contributed by atoms with Gasteiger partial charge in [-0.1, -0.05) is 35.3 Å². The molecule has 1 heterocycles. The Morgan fingerprint density at radius 1 is 1.25 bits per heavy atom. The number of likely N-dealkylation sites (tertiary alicyclic amines) is 1. The third-order valence-corrected chi connectivity index (χ3v) is 7.49. The summed E-state index contributed by atoms with van der Waals surface area (Å²) in [6.45, 7) is 3.22. The van der Waals surface area contributed by atoms with E-state index in [1.807, 2.05) is 36.0 Å². The number of aliphatic hydroxyl groups is 1. The second-order valence-corrected chi connectivity index (χ2v) is 9.78. The normalized spacial score (nSPS) is 24.5. The summed E-state index contributed by atoms with van der Waals surface area (Å²) < 4.78 is 0. The lowest BCUT2D eigenvalue weighted by Crippen LogP contribution is -2.36. The van der Waals surface area contributed by atoms with Gasteiger partial charge in [0.05, 0.1) is 11.4 Å². The highest BCUT2D eigenvalue weighted by atomic mass is 35.5. The smallest absolute Gasteiger partial charge is 0.134 e. The molecule has 0 amide bonds. The van der Waals surface area contributed by atoms with E-state index >= 15 is 0 Å². The summed E-state index contributed by atoms with van der Waals surface area (Å²) >= 11 is 14.6. The number of thioether (sulfide) groups is 1. The van der Waals surface area contributed by atoms with E-state index in [2.05, 4.69) is 17.0 Å². The van der Waals surface area contributed by atoms with Crippen molar-refractivity contribution in [3.8, 4) is 0 Å². The number of halogens is 2. The van der Waals surface area contributed by atoms with Crippen molar-refractivity contribution in [3.05, 3.63) is 63.1 Å². The minimum absolute atomic E-state index is 0.169. The summed E-state index contributed by atoms with van der Waals surface area (Å²) in [5.41, 5.74) is 3.40. The van der Waals surface area contributed by atoms with Crippen molar-refractivity contribution in [2.24, 2.45) is 0 Å². The maximum Gasteiger partial charge on any atom is 0.134 e. The minimum atomic E-state index is -0.251. The van der Waals surface area contributed by atoms with Crippen LogP contribution in [0.2, 0.25) is 10.0 Å². The summed E-state index contributed by atoms with van der Waals surface area (Å²) in [5.74, 6) is 0.169. The molecule has 1 aliphatic carbocycles. The molecule has 0 spiro atoms. The van der Waals surface area contributed by atoms with Gasteiger partial charge in [0.2, 0.25) is 0 Å². The number of rotatable bonds is 5. The van der Waals surface area contributed by atoms with Gasteiger partial charge in [0.15, 0.2) is 0 Å². The molecule has 3 nitrogen and oxygen atoms in total. The summed E-state index contributed by atoms with van der Waals surface area (Å²) in [4.78, 5) is 14.9. The fourth-order valence-corrected chi connectivity index (χ4v) is 6.20. The van der Waals surface area contributed by atoms with E-state index in [1.165, 1.54) is 11.1 Å². The highest BCUT2D eigenvalue weighted by Crippen LogP contribution is 2.50. The Morgan fingerprint density at radius 2 is 2.00 bits per heavy atom. The highest BCUT2D eigenvalue weighted by Gasteiger charge is 2.40. The van der Waals surface area contributed by atoms with Crippen molar-refractivity contribution < 1.29 is 9.90 Å². The van der Waals surface area contributed by atoms with E-state index in [4.69, 9.17) is 23.2 Å². The Kier molecular flexibility index (Phi) is 6.05. The number of Topliss-reactive ketones (excluding diaryl/α,β-unsaturated/α-hetero) is 1. The lowest BCUT2D eigenvalue weighted by Gasteiger charge is -2.29. The van der Waals surface area contributed by atoms with Gasteiger partial charge in [0.25, 0.3) is 0 Å². The molecule has 0 bridgehead atoms. The number of aliphatic hydroxyl groups excluding tert-OH is 1. The third kappa shape index (κ3) is 4.27. The quantitative estimate of drug-likeness (QED) is 0.720. The standard InChI is InChI=1S/C22H23Cl2NO2S/c1-13(26)8-14-2-4-17(5-3-14)28-22-19-9-15(23)10-20(24)18(19)11-21(22)25-7-6-16(27)12-25/h2-5,9-10,16,21-22,27H,6-8,11-12H2,1H3/t16-,21+,22+/m1/s1. The average Bonchev–Trinajstić information content (AvgIpc) is 3.20. The predicted octanol–water partition coefficient (Wildman–Crippen LogP) is 4.95. The lowest BCUT2D eigenvalue weighted by molar-refractivity contribution is -0.116. The van der Waals surface area contributed by atoms with Crippen molar-refractivity contribution in [2.45, 2.75) is 48.5 Å². The Hall–Kier alpha value is -1.04. The largest absolute Gasteiger partial charge is 0.392 e. The van der Waals surface area contributed by atoms with Crippen LogP contribution < -0.4 is 0 Å². The number of benzene rings is 2. The first kappa shape index (κ1) is 20.2. The molecule has 0 aromatic heterocycles. The van der Waals surface area contributed by atoms with Crippen LogP contribution in [-0.4, -0.2) is 41.0 Å². The first-order chi connectivity index (χ1) is 13.4. The van der Waals surface area contributed by atoms with Crippen molar-refractivity contribution >= 4 is 40.7 Å². The second kappa shape index (κ2) is 8.37. The predicted molar refractivity (Wildman–Crippen MR) is 116 cm³/mol. The molecule has 0 unspecified atom stereocenters. The molecule has 148 valence electrons. The molecule has 1 N–H and O–H groups in total. The molecule has 1 aliphatic heterocycles. The molecule has 0 radical (unpaired) electrons. The van der Waals surface area contributed by atoms with E-state index in [0.29, 0.717) is 18.0 Å². The van der Waals surface area contributed by atoms with E-state index in [9.17, 15) is 9.90 Å². The SMILES string of the molecule is CC(=O)Cc1ccc(S[C@H]2c3cc(Cl)cc(Cl)c3C[C@@H]2N2CC[C@@H](O)C2)cc1. The number of carbonyl (C=O) groups is 1. The maximum absolute atomic E-state index is 11.3. The number of β-amino-alcohol motifs (C(OH)–C–C–N with tert-alkyl or cyclic N) is 1. The molecular weight excluding hydrogens is 413 g/mol. The van der Waals surface area contributed by atoms with E-state index < -0.39 is 0 Å². The molecule has 2 aromatic rings. The van der Waals surface area contributed by atoms with Crippen molar-refractivity contribution in [3.63, 3.8) is 0 Å². The molecule has 1 saturated heterocycles. The van der Waals surface area contributed by atoms with E-state index in [1.54, 1.807) is 6.92 Å². The number of nitrogens with zero attached hydrogens (tertiary/aromatic N) is 1. The molecule has 2 aromatic carbocycles. The zero-order chi connectivity index (χ0) is 19.8. The Labute approximate surface area is 180 Å². The van der Waals surface area contributed by atoms with Crippen molar-refractivity contribution in [2.75, 3.05) is 13.1 Å². The van der Waals surface area contributed by atoms with Crippen LogP contribution in [0.15, 0.2) is 41.3 Å². The third-order valence-electron chi connectivity index (χ3n) is 5.57. The van der Waals surface area contributed by atoms with Gasteiger partial charge in [0, 0.05) is 40.5 Å². The number of ketones is 1. The van der Waals surface area contributed by atoms with E-state index in [0.717, 1.165) is 34.9 Å².